The van der Waals surface area contributed by atoms with Gasteiger partial charge in [0, 0.05) is 22.4 Å². The molecule has 2 heterocycles. The van der Waals surface area contributed by atoms with E-state index in [1.807, 2.05) is 31.2 Å². The molecule has 0 fully saturated rings. The van der Waals surface area contributed by atoms with Crippen molar-refractivity contribution < 1.29 is 4.79 Å². The number of nitrogens with one attached hydrogen (secondary N) is 2. The van der Waals surface area contributed by atoms with Crippen molar-refractivity contribution in [1.29, 1.82) is 0 Å². The third kappa shape index (κ3) is 3.32. The third-order valence-corrected chi connectivity index (χ3v) is 4.04. The molecule has 5 nitrogen and oxygen atoms in total. The number of aromatic amines is 1. The predicted molar refractivity (Wildman–Crippen MR) is 93.3 cm³/mol. The Hall–Kier alpha value is -2.47. The molecular formula is C17H15BrN4O. The summed E-state index contributed by atoms with van der Waals surface area (Å²) >= 11 is 3.43. The van der Waals surface area contributed by atoms with E-state index in [0.29, 0.717) is 11.4 Å². The van der Waals surface area contributed by atoms with Gasteiger partial charge in [-0.25, -0.2) is 0 Å². The average Bonchev–Trinajstić information content (AvgIpc) is 2.99. The van der Waals surface area contributed by atoms with Crippen LogP contribution >= 0.6 is 15.9 Å². The predicted octanol–water partition coefficient (Wildman–Crippen LogP) is 4.05. The van der Waals surface area contributed by atoms with E-state index in [-0.39, 0.29) is 5.91 Å². The molecule has 23 heavy (non-hydrogen) atoms. The van der Waals surface area contributed by atoms with Gasteiger partial charge in [0.1, 0.15) is 0 Å². The number of amides is 1. The van der Waals surface area contributed by atoms with Gasteiger partial charge in [0.2, 0.25) is 0 Å². The van der Waals surface area contributed by atoms with Gasteiger partial charge < -0.3 is 5.32 Å². The van der Waals surface area contributed by atoms with E-state index in [9.17, 15) is 4.79 Å². The van der Waals surface area contributed by atoms with Gasteiger partial charge in [-0.1, -0.05) is 35.0 Å². The molecule has 0 radical (unpaired) electrons. The normalized spacial score (nSPS) is 10.5. The fourth-order valence-electron chi connectivity index (χ4n) is 2.34. The minimum absolute atomic E-state index is 0.221. The molecule has 2 N–H and O–H groups in total. The zero-order valence-corrected chi connectivity index (χ0v) is 14.1. The average molecular weight is 371 g/mol. The van der Waals surface area contributed by atoms with Gasteiger partial charge in [0.15, 0.2) is 5.82 Å². The van der Waals surface area contributed by atoms with Gasteiger partial charge >= 0.3 is 0 Å². The molecule has 2 aromatic heterocycles. The molecule has 0 saturated heterocycles. The van der Waals surface area contributed by atoms with E-state index in [4.69, 9.17) is 0 Å². The quantitative estimate of drug-likeness (QED) is 0.727. The van der Waals surface area contributed by atoms with Crippen molar-refractivity contribution in [2.24, 2.45) is 0 Å². The van der Waals surface area contributed by atoms with Crippen molar-refractivity contribution in [3.63, 3.8) is 0 Å². The summed E-state index contributed by atoms with van der Waals surface area (Å²) in [6.45, 7) is 2.03. The van der Waals surface area contributed by atoms with Gasteiger partial charge in [-0.2, -0.15) is 5.10 Å². The maximum atomic E-state index is 12.3. The minimum atomic E-state index is -0.221. The van der Waals surface area contributed by atoms with Crippen LogP contribution in [0.1, 0.15) is 22.8 Å². The molecule has 0 saturated carbocycles. The van der Waals surface area contributed by atoms with E-state index >= 15 is 0 Å². The standard InChI is InChI=1S/C17H15BrN4O/c1-2-14-15(11-5-7-13(18)8-6-11)21-22-16(14)20-17(23)12-4-3-9-19-10-12/h3-10H,2H2,1H3,(H2,20,21,22,23). The Balaban J connectivity index is 1.89. The number of aromatic nitrogens is 3. The van der Waals surface area contributed by atoms with Gasteiger partial charge in [-0.15, -0.1) is 0 Å². The van der Waals surface area contributed by atoms with Crippen LogP contribution in [-0.4, -0.2) is 21.1 Å². The minimum Gasteiger partial charge on any atom is -0.305 e. The molecule has 6 heteroatoms. The Morgan fingerprint density at radius 1 is 1.26 bits per heavy atom. The number of hydrogen-bond donors (Lipinski definition) is 2. The number of carbonyl (C=O) groups excluding carboxylic acids is 1. The number of benzene rings is 1. The molecule has 0 aliphatic carbocycles. The van der Waals surface area contributed by atoms with Gasteiger partial charge in [-0.3, -0.25) is 14.9 Å². The van der Waals surface area contributed by atoms with Crippen LogP contribution < -0.4 is 5.32 Å². The molecule has 0 aliphatic heterocycles. The SMILES string of the molecule is CCc1c(NC(=O)c2cccnc2)n[nH]c1-c1ccc(Br)cc1. The smallest absolute Gasteiger partial charge is 0.258 e. The molecule has 0 atom stereocenters. The highest BCUT2D eigenvalue weighted by molar-refractivity contribution is 9.10. The first-order valence-corrected chi connectivity index (χ1v) is 8.03. The molecule has 0 unspecified atom stereocenters. The summed E-state index contributed by atoms with van der Waals surface area (Å²) in [6.07, 6.45) is 3.92. The Bertz CT molecular complexity index is 812. The number of hydrogen-bond acceptors (Lipinski definition) is 3. The van der Waals surface area contributed by atoms with Crippen molar-refractivity contribution in [3.05, 3.63) is 64.4 Å². The second-order valence-electron chi connectivity index (χ2n) is 4.98. The van der Waals surface area contributed by atoms with Crippen molar-refractivity contribution in [2.45, 2.75) is 13.3 Å². The number of pyridine rings is 1. The lowest BCUT2D eigenvalue weighted by Crippen LogP contribution is -2.13. The number of rotatable bonds is 4. The van der Waals surface area contributed by atoms with E-state index in [1.54, 1.807) is 18.3 Å². The molecule has 1 aromatic carbocycles. The topological polar surface area (TPSA) is 70.7 Å². The molecule has 0 spiro atoms. The molecule has 116 valence electrons. The lowest BCUT2D eigenvalue weighted by Gasteiger charge is -2.05. The summed E-state index contributed by atoms with van der Waals surface area (Å²) in [6, 6.07) is 11.4. The van der Waals surface area contributed by atoms with E-state index in [2.05, 4.69) is 36.4 Å². The van der Waals surface area contributed by atoms with Gasteiger partial charge in [0.05, 0.1) is 11.3 Å². The van der Waals surface area contributed by atoms with Crippen LogP contribution in [-0.2, 0) is 6.42 Å². The molecule has 0 bridgehead atoms. The lowest BCUT2D eigenvalue weighted by molar-refractivity contribution is 0.102. The first-order valence-electron chi connectivity index (χ1n) is 7.23. The zero-order valence-electron chi connectivity index (χ0n) is 12.5. The Morgan fingerprint density at radius 2 is 2.04 bits per heavy atom. The van der Waals surface area contributed by atoms with Crippen molar-refractivity contribution in [3.8, 4) is 11.3 Å². The highest BCUT2D eigenvalue weighted by atomic mass is 79.9. The number of H-pyrrole nitrogens is 1. The summed E-state index contributed by atoms with van der Waals surface area (Å²) in [4.78, 5) is 16.2. The number of anilines is 1. The van der Waals surface area contributed by atoms with Crippen LogP contribution in [0.3, 0.4) is 0 Å². The highest BCUT2D eigenvalue weighted by Crippen LogP contribution is 2.28. The van der Waals surface area contributed by atoms with Crippen molar-refractivity contribution in [1.82, 2.24) is 15.2 Å². The van der Waals surface area contributed by atoms with Gasteiger partial charge in [0.25, 0.3) is 5.91 Å². The maximum absolute atomic E-state index is 12.3. The highest BCUT2D eigenvalue weighted by Gasteiger charge is 2.16. The van der Waals surface area contributed by atoms with E-state index in [1.165, 1.54) is 6.20 Å². The fraction of sp³-hybridized carbons (Fsp3) is 0.118. The number of carbonyl (C=O) groups is 1. The molecular weight excluding hydrogens is 356 g/mol. The van der Waals surface area contributed by atoms with Crippen LogP contribution in [0, 0.1) is 0 Å². The van der Waals surface area contributed by atoms with Crippen LogP contribution in [0.4, 0.5) is 5.82 Å². The summed E-state index contributed by atoms with van der Waals surface area (Å²) in [5, 5.41) is 10.1. The Labute approximate surface area is 142 Å². The fourth-order valence-corrected chi connectivity index (χ4v) is 2.61. The first kappa shape index (κ1) is 15.4. The van der Waals surface area contributed by atoms with Crippen LogP contribution in [0.25, 0.3) is 11.3 Å². The van der Waals surface area contributed by atoms with E-state index < -0.39 is 0 Å². The molecule has 0 aliphatic rings. The molecule has 3 rings (SSSR count). The monoisotopic (exact) mass is 370 g/mol. The Kier molecular flexibility index (Phi) is 4.52. The van der Waals surface area contributed by atoms with E-state index in [0.717, 1.165) is 27.7 Å². The van der Waals surface area contributed by atoms with Crippen LogP contribution in [0.2, 0.25) is 0 Å². The van der Waals surface area contributed by atoms with Crippen molar-refractivity contribution >= 4 is 27.7 Å². The lowest BCUT2D eigenvalue weighted by atomic mass is 10.1. The third-order valence-electron chi connectivity index (χ3n) is 3.51. The number of halogens is 1. The number of nitrogens with zero attached hydrogens (tertiary/aromatic N) is 2. The van der Waals surface area contributed by atoms with Gasteiger partial charge in [-0.05, 0) is 36.2 Å². The summed E-state index contributed by atoms with van der Waals surface area (Å²) in [5.41, 5.74) is 3.42. The summed E-state index contributed by atoms with van der Waals surface area (Å²) < 4.78 is 1.02. The molecule has 3 aromatic rings. The van der Waals surface area contributed by atoms with Crippen LogP contribution in [0.15, 0.2) is 53.3 Å². The van der Waals surface area contributed by atoms with Crippen molar-refractivity contribution in [2.75, 3.05) is 5.32 Å². The van der Waals surface area contributed by atoms with Crippen LogP contribution in [0.5, 0.6) is 0 Å². The second-order valence-corrected chi connectivity index (χ2v) is 5.90. The second kappa shape index (κ2) is 6.75. The Morgan fingerprint density at radius 3 is 2.70 bits per heavy atom. The zero-order chi connectivity index (χ0) is 16.2. The summed E-state index contributed by atoms with van der Waals surface area (Å²) in [7, 11) is 0. The largest absolute Gasteiger partial charge is 0.305 e. The first-order chi connectivity index (χ1) is 11.2. The maximum Gasteiger partial charge on any atom is 0.258 e. The summed E-state index contributed by atoms with van der Waals surface area (Å²) in [5.74, 6) is 0.334. The molecule has 1 amide bonds.